The molecule has 1 unspecified atom stereocenters. The summed E-state index contributed by atoms with van der Waals surface area (Å²) in [5, 5.41) is 48.9. The Morgan fingerprint density at radius 2 is 1.76 bits per heavy atom. The Morgan fingerprint density at radius 3 is 2.29 bits per heavy atom. The Morgan fingerprint density at radius 1 is 1.14 bits per heavy atom. The highest BCUT2D eigenvalue weighted by Crippen LogP contribution is 2.33. The number of hydrogen-bond acceptors (Lipinski definition) is 8. The van der Waals surface area contributed by atoms with Gasteiger partial charge >= 0.3 is 0 Å². The lowest BCUT2D eigenvalue weighted by molar-refractivity contribution is -0.384. The molecule has 116 valence electrons. The fraction of sp³-hybridized carbons (Fsp3) is 0.500. The van der Waals surface area contributed by atoms with Crippen LogP contribution in [-0.4, -0.2) is 61.8 Å². The average molecular weight is 317 g/mol. The third-order valence-electron chi connectivity index (χ3n) is 3.15. The summed E-state index contributed by atoms with van der Waals surface area (Å²) >= 11 is 1.04. The average Bonchev–Trinajstić information content (AvgIpc) is 2.48. The van der Waals surface area contributed by atoms with Crippen molar-refractivity contribution in [2.75, 3.05) is 6.61 Å². The summed E-state index contributed by atoms with van der Waals surface area (Å²) in [5.41, 5.74) is -0.963. The van der Waals surface area contributed by atoms with E-state index in [1.54, 1.807) is 0 Å². The fourth-order valence-corrected chi connectivity index (χ4v) is 3.01. The van der Waals surface area contributed by atoms with Crippen LogP contribution in [0.5, 0.6) is 0 Å². The molecule has 1 aliphatic rings. The van der Waals surface area contributed by atoms with Crippen molar-refractivity contribution in [3.63, 3.8) is 0 Å². The van der Waals surface area contributed by atoms with Gasteiger partial charge in [-0.2, -0.15) is 0 Å². The van der Waals surface area contributed by atoms with Crippen molar-refractivity contribution in [2.24, 2.45) is 0 Å². The lowest BCUT2D eigenvalue weighted by atomic mass is 10.0. The molecule has 1 heterocycles. The van der Waals surface area contributed by atoms with E-state index in [2.05, 4.69) is 0 Å². The van der Waals surface area contributed by atoms with Crippen LogP contribution in [0.25, 0.3) is 0 Å². The molecule has 0 radical (unpaired) electrons. The van der Waals surface area contributed by atoms with Crippen molar-refractivity contribution in [3.05, 3.63) is 34.4 Å². The second-order valence-corrected chi connectivity index (χ2v) is 5.74. The van der Waals surface area contributed by atoms with Crippen LogP contribution in [0.3, 0.4) is 0 Å². The second-order valence-electron chi connectivity index (χ2n) is 4.57. The summed E-state index contributed by atoms with van der Waals surface area (Å²) in [6.07, 6.45) is -5.16. The molecule has 2 rings (SSSR count). The molecule has 1 aliphatic heterocycles. The molecular weight excluding hydrogens is 302 g/mol. The first kappa shape index (κ1) is 16.1. The summed E-state index contributed by atoms with van der Waals surface area (Å²) in [4.78, 5) is 10.6. The Labute approximate surface area is 124 Å². The number of nitrogens with zero attached hydrogens (tertiary/aromatic N) is 1. The molecular formula is C12H15NO7S. The molecule has 1 fully saturated rings. The van der Waals surface area contributed by atoms with E-state index in [4.69, 9.17) is 9.84 Å². The largest absolute Gasteiger partial charge is 0.394 e. The highest BCUT2D eigenvalue weighted by atomic mass is 32.2. The monoisotopic (exact) mass is 317 g/mol. The maximum absolute atomic E-state index is 10.6. The van der Waals surface area contributed by atoms with Crippen molar-refractivity contribution in [3.8, 4) is 0 Å². The number of aliphatic hydroxyl groups excluding tert-OH is 4. The number of aliphatic hydroxyl groups is 4. The van der Waals surface area contributed by atoms with Crippen LogP contribution < -0.4 is 0 Å². The Hall–Kier alpha value is -1.23. The minimum Gasteiger partial charge on any atom is -0.394 e. The molecule has 1 aromatic rings. The fourth-order valence-electron chi connectivity index (χ4n) is 1.95. The van der Waals surface area contributed by atoms with Crippen molar-refractivity contribution in [2.45, 2.75) is 34.7 Å². The van der Waals surface area contributed by atoms with Crippen LogP contribution in [0.2, 0.25) is 0 Å². The molecule has 1 saturated heterocycles. The van der Waals surface area contributed by atoms with Crippen LogP contribution in [0, 0.1) is 10.1 Å². The number of ether oxygens (including phenoxy) is 1. The normalized spacial score (nSPS) is 32.9. The zero-order valence-corrected chi connectivity index (χ0v) is 11.6. The zero-order valence-electron chi connectivity index (χ0n) is 10.8. The molecule has 0 aliphatic carbocycles. The van der Waals surface area contributed by atoms with Gasteiger partial charge < -0.3 is 25.2 Å². The van der Waals surface area contributed by atoms with E-state index in [1.807, 2.05) is 0 Å². The highest BCUT2D eigenvalue weighted by Gasteiger charge is 2.43. The van der Waals surface area contributed by atoms with E-state index in [0.717, 1.165) is 11.8 Å². The first-order chi connectivity index (χ1) is 9.93. The summed E-state index contributed by atoms with van der Waals surface area (Å²) < 4.78 is 5.33. The molecule has 5 atom stereocenters. The van der Waals surface area contributed by atoms with Crippen LogP contribution in [0.4, 0.5) is 5.69 Å². The number of rotatable bonds is 4. The molecule has 8 nitrogen and oxygen atoms in total. The lowest BCUT2D eigenvalue weighted by Gasteiger charge is -2.39. The minimum atomic E-state index is -1.44. The van der Waals surface area contributed by atoms with Gasteiger partial charge in [0.2, 0.25) is 0 Å². The van der Waals surface area contributed by atoms with Crippen molar-refractivity contribution in [1.29, 1.82) is 0 Å². The van der Waals surface area contributed by atoms with Crippen molar-refractivity contribution in [1.82, 2.24) is 0 Å². The topological polar surface area (TPSA) is 133 Å². The molecule has 21 heavy (non-hydrogen) atoms. The summed E-state index contributed by atoms with van der Waals surface area (Å²) in [6, 6.07) is 5.60. The van der Waals surface area contributed by atoms with E-state index < -0.39 is 41.4 Å². The SMILES string of the molecule is O=[N+]([O-])c1ccc(S[C@@H]2OC(CO)[C@H](O)[C@H](O)[C@@H]2O)cc1. The van der Waals surface area contributed by atoms with Gasteiger partial charge in [-0.1, -0.05) is 11.8 Å². The minimum absolute atomic E-state index is 0.0619. The number of non-ortho nitro benzene ring substituents is 1. The molecule has 0 aromatic heterocycles. The molecule has 0 saturated carbocycles. The number of benzene rings is 1. The molecule has 0 bridgehead atoms. The number of thioether (sulfide) groups is 1. The Balaban J connectivity index is 2.08. The van der Waals surface area contributed by atoms with Crippen molar-refractivity contribution < 1.29 is 30.1 Å². The van der Waals surface area contributed by atoms with E-state index in [-0.39, 0.29) is 5.69 Å². The third kappa shape index (κ3) is 3.51. The van der Waals surface area contributed by atoms with Crippen molar-refractivity contribution >= 4 is 17.4 Å². The third-order valence-corrected chi connectivity index (χ3v) is 4.31. The van der Waals surface area contributed by atoms with Gasteiger partial charge in [0, 0.05) is 17.0 Å². The molecule has 4 N–H and O–H groups in total. The Bertz CT molecular complexity index is 495. The summed E-state index contributed by atoms with van der Waals surface area (Å²) in [6.45, 7) is -0.498. The summed E-state index contributed by atoms with van der Waals surface area (Å²) in [7, 11) is 0. The van der Waals surface area contributed by atoms with E-state index in [0.29, 0.717) is 4.90 Å². The van der Waals surface area contributed by atoms with Gasteiger partial charge in [-0.3, -0.25) is 10.1 Å². The van der Waals surface area contributed by atoms with Gasteiger partial charge in [-0.05, 0) is 12.1 Å². The quantitative estimate of drug-likeness (QED) is 0.431. The van der Waals surface area contributed by atoms with E-state index in [9.17, 15) is 25.4 Å². The number of hydrogen-bond donors (Lipinski definition) is 4. The van der Waals surface area contributed by atoms with Gasteiger partial charge in [0.15, 0.2) is 0 Å². The van der Waals surface area contributed by atoms with Crippen LogP contribution >= 0.6 is 11.8 Å². The Kier molecular flexibility index (Phi) is 5.14. The summed E-state index contributed by atoms with van der Waals surface area (Å²) in [5.74, 6) is 0. The standard InChI is InChI=1S/C12H15NO7S/c14-5-8-9(15)10(16)11(17)12(20-8)21-7-3-1-6(2-4-7)13(18)19/h1-4,8-12,14-17H,5H2/t8?,9-,10-,11-,12-/m0/s1. The molecule has 0 amide bonds. The van der Waals surface area contributed by atoms with Gasteiger partial charge in [-0.25, -0.2) is 0 Å². The maximum Gasteiger partial charge on any atom is 0.269 e. The molecule has 0 spiro atoms. The second kappa shape index (κ2) is 6.69. The highest BCUT2D eigenvalue weighted by molar-refractivity contribution is 7.99. The lowest BCUT2D eigenvalue weighted by Crippen LogP contribution is -2.57. The van der Waals surface area contributed by atoms with Gasteiger partial charge in [0.1, 0.15) is 29.9 Å². The molecule has 9 heteroatoms. The smallest absolute Gasteiger partial charge is 0.269 e. The predicted molar refractivity (Wildman–Crippen MR) is 72.7 cm³/mol. The predicted octanol–water partition coefficient (Wildman–Crippen LogP) is -0.513. The van der Waals surface area contributed by atoms with Gasteiger partial charge in [-0.15, -0.1) is 0 Å². The van der Waals surface area contributed by atoms with Crippen LogP contribution in [-0.2, 0) is 4.74 Å². The van der Waals surface area contributed by atoms with Gasteiger partial charge in [0.05, 0.1) is 11.5 Å². The van der Waals surface area contributed by atoms with Crippen LogP contribution in [0.15, 0.2) is 29.2 Å². The first-order valence-corrected chi connectivity index (χ1v) is 7.03. The maximum atomic E-state index is 10.6. The van der Waals surface area contributed by atoms with E-state index >= 15 is 0 Å². The van der Waals surface area contributed by atoms with Gasteiger partial charge in [0.25, 0.3) is 5.69 Å². The van der Waals surface area contributed by atoms with E-state index in [1.165, 1.54) is 24.3 Å². The molecule has 1 aromatic carbocycles. The zero-order chi connectivity index (χ0) is 15.6. The van der Waals surface area contributed by atoms with Crippen LogP contribution in [0.1, 0.15) is 0 Å². The number of nitro groups is 1. The number of nitro benzene ring substituents is 1. The first-order valence-electron chi connectivity index (χ1n) is 6.15.